The van der Waals surface area contributed by atoms with E-state index >= 15 is 0 Å². The van der Waals surface area contributed by atoms with E-state index in [4.69, 9.17) is 23.8 Å². The van der Waals surface area contributed by atoms with Crippen LogP contribution < -0.4 is 10.6 Å². The highest BCUT2D eigenvalue weighted by molar-refractivity contribution is 7.80. The quantitative estimate of drug-likeness (QED) is 0.674. The number of pyridine rings is 1. The van der Waals surface area contributed by atoms with Crippen LogP contribution in [0.25, 0.3) is 6.08 Å². The maximum Gasteiger partial charge on any atom is 0.250 e. The van der Waals surface area contributed by atoms with Gasteiger partial charge < -0.3 is 5.32 Å². The Morgan fingerprint density at radius 3 is 2.62 bits per heavy atom. The van der Waals surface area contributed by atoms with E-state index in [0.717, 1.165) is 5.56 Å². The number of hydrogen-bond donors (Lipinski definition) is 2. The zero-order chi connectivity index (χ0) is 15.1. The molecule has 1 aromatic heterocycles. The lowest BCUT2D eigenvalue weighted by molar-refractivity contribution is -0.115. The largest absolute Gasteiger partial charge is 0.317 e. The lowest BCUT2D eigenvalue weighted by Crippen LogP contribution is -2.33. The van der Waals surface area contributed by atoms with Gasteiger partial charge in [0, 0.05) is 12.3 Å². The number of benzene rings is 1. The molecule has 21 heavy (non-hydrogen) atoms. The first-order valence-electron chi connectivity index (χ1n) is 6.10. The molecule has 0 saturated heterocycles. The van der Waals surface area contributed by atoms with Crippen LogP contribution in [0.15, 0.2) is 54.7 Å². The molecule has 2 N–H and O–H groups in total. The van der Waals surface area contributed by atoms with Gasteiger partial charge in [-0.15, -0.1) is 0 Å². The molecule has 0 radical (unpaired) electrons. The molecule has 1 amide bonds. The van der Waals surface area contributed by atoms with Crippen molar-refractivity contribution < 1.29 is 4.79 Å². The van der Waals surface area contributed by atoms with Crippen molar-refractivity contribution in [2.75, 3.05) is 5.32 Å². The van der Waals surface area contributed by atoms with Gasteiger partial charge in [-0.05, 0) is 36.0 Å². The van der Waals surface area contributed by atoms with Gasteiger partial charge in [0.15, 0.2) is 5.11 Å². The summed E-state index contributed by atoms with van der Waals surface area (Å²) in [6, 6.07) is 12.9. The number of aromatic nitrogens is 1. The van der Waals surface area contributed by atoms with Crippen LogP contribution in [0.2, 0.25) is 5.02 Å². The third-order valence-electron chi connectivity index (χ3n) is 2.43. The molecule has 0 aliphatic carbocycles. The maximum atomic E-state index is 11.7. The number of anilines is 1. The van der Waals surface area contributed by atoms with Crippen LogP contribution in [-0.2, 0) is 4.79 Å². The minimum Gasteiger partial charge on any atom is -0.317 e. The molecule has 0 aliphatic heterocycles. The monoisotopic (exact) mass is 317 g/mol. The summed E-state index contributed by atoms with van der Waals surface area (Å²) < 4.78 is 0. The van der Waals surface area contributed by atoms with Gasteiger partial charge in [0.25, 0.3) is 0 Å². The van der Waals surface area contributed by atoms with E-state index in [-0.39, 0.29) is 11.0 Å². The fraction of sp³-hybridized carbons (Fsp3) is 0. The first-order chi connectivity index (χ1) is 10.1. The Morgan fingerprint density at radius 2 is 1.95 bits per heavy atom. The molecule has 0 fully saturated rings. The fourth-order valence-corrected chi connectivity index (χ4v) is 1.80. The van der Waals surface area contributed by atoms with Crippen molar-refractivity contribution in [1.29, 1.82) is 0 Å². The number of halogens is 1. The third-order valence-corrected chi connectivity index (χ3v) is 2.86. The van der Waals surface area contributed by atoms with Crippen LogP contribution in [0.5, 0.6) is 0 Å². The second-order valence-electron chi connectivity index (χ2n) is 4.05. The summed E-state index contributed by atoms with van der Waals surface area (Å²) in [7, 11) is 0. The number of amides is 1. The van der Waals surface area contributed by atoms with Crippen LogP contribution in [0.3, 0.4) is 0 Å². The van der Waals surface area contributed by atoms with E-state index in [9.17, 15) is 4.79 Å². The van der Waals surface area contributed by atoms with Crippen molar-refractivity contribution in [2.45, 2.75) is 0 Å². The molecule has 6 heteroatoms. The number of rotatable bonds is 3. The Morgan fingerprint density at radius 1 is 1.19 bits per heavy atom. The summed E-state index contributed by atoms with van der Waals surface area (Å²) in [6.45, 7) is 0. The van der Waals surface area contributed by atoms with Gasteiger partial charge in [-0.25, -0.2) is 4.98 Å². The molecule has 0 saturated carbocycles. The Bertz CT molecular complexity index is 656. The van der Waals surface area contributed by atoms with Gasteiger partial charge in [0.05, 0.1) is 5.02 Å². The molecule has 0 spiro atoms. The minimum absolute atomic E-state index is 0.174. The highest BCUT2D eigenvalue weighted by atomic mass is 35.5. The van der Waals surface area contributed by atoms with Crippen molar-refractivity contribution in [3.63, 3.8) is 0 Å². The number of nitrogens with one attached hydrogen (secondary N) is 2. The maximum absolute atomic E-state index is 11.7. The number of nitrogens with zero attached hydrogens (tertiary/aromatic N) is 1. The van der Waals surface area contributed by atoms with Crippen molar-refractivity contribution >= 4 is 46.7 Å². The predicted octanol–water partition coefficient (Wildman–Crippen LogP) is 3.26. The van der Waals surface area contributed by atoms with Crippen molar-refractivity contribution in [3.05, 3.63) is 65.3 Å². The highest BCUT2D eigenvalue weighted by Crippen LogP contribution is 2.09. The van der Waals surface area contributed by atoms with Gasteiger partial charge in [-0.3, -0.25) is 10.1 Å². The number of thiocarbonyl (C=S) groups is 1. The summed E-state index contributed by atoms with van der Waals surface area (Å²) in [4.78, 5) is 15.7. The van der Waals surface area contributed by atoms with E-state index in [1.165, 1.54) is 12.3 Å². The first kappa shape index (κ1) is 15.2. The predicted molar refractivity (Wildman–Crippen MR) is 89.1 cm³/mol. The standard InChI is InChI=1S/C15H12ClN3OS/c16-12-7-8-13(17-10-12)18-15(21)19-14(20)9-6-11-4-2-1-3-5-11/h1-10H,(H2,17,18,19,20,21)/b9-6+. The summed E-state index contributed by atoms with van der Waals surface area (Å²) >= 11 is 10.8. The Labute approximate surface area is 132 Å². The van der Waals surface area contributed by atoms with Crippen LogP contribution in [-0.4, -0.2) is 16.0 Å². The molecule has 0 atom stereocenters. The SMILES string of the molecule is O=C(/C=C/c1ccccc1)NC(=S)Nc1ccc(Cl)cn1. The van der Waals surface area contributed by atoms with E-state index in [1.807, 2.05) is 30.3 Å². The van der Waals surface area contributed by atoms with Crippen LogP contribution in [0.1, 0.15) is 5.56 Å². The molecule has 106 valence electrons. The molecule has 2 rings (SSSR count). The van der Waals surface area contributed by atoms with Crippen LogP contribution >= 0.6 is 23.8 Å². The van der Waals surface area contributed by atoms with E-state index in [0.29, 0.717) is 10.8 Å². The lowest BCUT2D eigenvalue weighted by atomic mass is 10.2. The molecule has 0 unspecified atom stereocenters. The van der Waals surface area contributed by atoms with Crippen molar-refractivity contribution in [2.24, 2.45) is 0 Å². The average molecular weight is 318 g/mol. The number of carbonyl (C=O) groups is 1. The van der Waals surface area contributed by atoms with E-state index in [2.05, 4.69) is 15.6 Å². The van der Waals surface area contributed by atoms with Gasteiger partial charge in [0.2, 0.25) is 5.91 Å². The molecular formula is C15H12ClN3OS. The van der Waals surface area contributed by atoms with Gasteiger partial charge in [-0.1, -0.05) is 41.9 Å². The number of carbonyl (C=O) groups excluding carboxylic acids is 1. The van der Waals surface area contributed by atoms with Gasteiger partial charge in [-0.2, -0.15) is 0 Å². The summed E-state index contributed by atoms with van der Waals surface area (Å²) in [5.41, 5.74) is 0.936. The Balaban J connectivity index is 1.86. The molecule has 0 aliphatic rings. The molecule has 0 bridgehead atoms. The molecule has 1 aromatic carbocycles. The number of hydrogen-bond acceptors (Lipinski definition) is 3. The summed E-state index contributed by atoms with van der Waals surface area (Å²) in [6.07, 6.45) is 4.61. The Kier molecular flexibility index (Phi) is 5.43. The molecule has 4 nitrogen and oxygen atoms in total. The molecular weight excluding hydrogens is 306 g/mol. The zero-order valence-corrected chi connectivity index (χ0v) is 12.5. The van der Waals surface area contributed by atoms with Crippen LogP contribution in [0, 0.1) is 0 Å². The van der Waals surface area contributed by atoms with E-state index in [1.54, 1.807) is 18.2 Å². The molecule has 2 aromatic rings. The Hall–Kier alpha value is -2.24. The zero-order valence-electron chi connectivity index (χ0n) is 10.9. The normalized spacial score (nSPS) is 10.3. The summed E-state index contributed by atoms with van der Waals surface area (Å²) in [5, 5.41) is 6.03. The van der Waals surface area contributed by atoms with Crippen molar-refractivity contribution in [3.8, 4) is 0 Å². The van der Waals surface area contributed by atoms with E-state index < -0.39 is 0 Å². The van der Waals surface area contributed by atoms with Crippen LogP contribution in [0.4, 0.5) is 5.82 Å². The van der Waals surface area contributed by atoms with Gasteiger partial charge >= 0.3 is 0 Å². The molecule has 1 heterocycles. The highest BCUT2D eigenvalue weighted by Gasteiger charge is 2.02. The summed E-state index contributed by atoms with van der Waals surface area (Å²) in [5.74, 6) is 0.196. The third kappa shape index (κ3) is 5.33. The topological polar surface area (TPSA) is 54.0 Å². The second-order valence-corrected chi connectivity index (χ2v) is 4.89. The van der Waals surface area contributed by atoms with Crippen molar-refractivity contribution in [1.82, 2.24) is 10.3 Å². The fourth-order valence-electron chi connectivity index (χ4n) is 1.49. The second kappa shape index (κ2) is 7.52. The minimum atomic E-state index is -0.315. The average Bonchev–Trinajstić information content (AvgIpc) is 2.48. The van der Waals surface area contributed by atoms with Gasteiger partial charge in [0.1, 0.15) is 5.82 Å². The lowest BCUT2D eigenvalue weighted by Gasteiger charge is -2.06. The first-order valence-corrected chi connectivity index (χ1v) is 6.89. The smallest absolute Gasteiger partial charge is 0.250 e.